The smallest absolute Gasteiger partial charge is 0.164 e. The Balaban J connectivity index is 2.12. The van der Waals surface area contributed by atoms with Gasteiger partial charge in [-0.2, -0.15) is 16.9 Å². The summed E-state index contributed by atoms with van der Waals surface area (Å²) in [6, 6.07) is 0.507. The Hall–Kier alpha value is -0.550. The summed E-state index contributed by atoms with van der Waals surface area (Å²) in [5.74, 6) is 4.01. The monoisotopic (exact) mass is 242 g/mol. The molecule has 1 N–H and O–H groups in total. The van der Waals surface area contributed by atoms with E-state index in [2.05, 4.69) is 36.2 Å². The normalized spacial score (nSPS) is 13.3. The van der Waals surface area contributed by atoms with Crippen LogP contribution in [0.3, 0.4) is 0 Å². The van der Waals surface area contributed by atoms with Gasteiger partial charge in [0.05, 0.1) is 6.54 Å². The molecule has 0 spiro atoms. The van der Waals surface area contributed by atoms with Gasteiger partial charge in [-0.25, -0.2) is 4.98 Å². The summed E-state index contributed by atoms with van der Waals surface area (Å²) in [6.45, 7) is 7.46. The minimum atomic E-state index is 0.507. The molecule has 5 heteroatoms. The first-order chi connectivity index (χ1) is 7.58. The molecule has 0 amide bonds. The molecule has 1 aromatic rings. The van der Waals surface area contributed by atoms with Gasteiger partial charge in [-0.15, -0.1) is 0 Å². The fourth-order valence-electron chi connectivity index (χ4n) is 1.27. The van der Waals surface area contributed by atoms with Crippen LogP contribution in [0.25, 0.3) is 0 Å². The van der Waals surface area contributed by atoms with Crippen LogP contribution in [0.5, 0.6) is 0 Å². The van der Waals surface area contributed by atoms with Crippen LogP contribution < -0.4 is 5.32 Å². The number of nitrogens with one attached hydrogen (secondary N) is 1. The zero-order valence-electron chi connectivity index (χ0n) is 10.6. The number of hydrogen-bond donors (Lipinski definition) is 1. The first-order valence-electron chi connectivity index (χ1n) is 5.73. The highest BCUT2D eigenvalue weighted by Gasteiger charge is 2.04. The molecule has 0 aliphatic carbocycles. The van der Waals surface area contributed by atoms with Crippen molar-refractivity contribution in [2.45, 2.75) is 33.4 Å². The predicted octanol–water partition coefficient (Wildman–Crippen LogP) is 1.68. The third kappa shape index (κ3) is 5.51. The molecule has 0 saturated carbocycles. The molecule has 92 valence electrons. The first-order valence-corrected chi connectivity index (χ1v) is 6.89. The largest absolute Gasteiger partial charge is 0.306 e. The Labute approximate surface area is 102 Å². The number of nitrogens with zero attached hydrogens (tertiary/aromatic N) is 3. The zero-order chi connectivity index (χ0) is 12.0. The summed E-state index contributed by atoms with van der Waals surface area (Å²) < 4.78 is 1.73. The van der Waals surface area contributed by atoms with Crippen LogP contribution in [0.1, 0.15) is 26.6 Å². The summed E-state index contributed by atoms with van der Waals surface area (Å²) in [6.07, 6.45) is 1.73. The molecule has 1 rings (SSSR count). The molecular formula is C11H22N4S. The summed E-state index contributed by atoms with van der Waals surface area (Å²) in [5.41, 5.74) is 0. The van der Waals surface area contributed by atoms with E-state index >= 15 is 0 Å². The quantitative estimate of drug-likeness (QED) is 0.790. The van der Waals surface area contributed by atoms with Crippen molar-refractivity contribution in [1.29, 1.82) is 0 Å². The molecule has 0 bridgehead atoms. The Kier molecular flexibility index (Phi) is 5.84. The molecule has 0 fully saturated rings. The third-order valence-electron chi connectivity index (χ3n) is 2.07. The first kappa shape index (κ1) is 13.5. The van der Waals surface area contributed by atoms with Gasteiger partial charge < -0.3 is 5.32 Å². The van der Waals surface area contributed by atoms with E-state index in [1.165, 1.54) is 5.75 Å². The maximum absolute atomic E-state index is 4.23. The Morgan fingerprint density at radius 1 is 1.38 bits per heavy atom. The van der Waals surface area contributed by atoms with Crippen LogP contribution >= 0.6 is 11.8 Å². The van der Waals surface area contributed by atoms with Gasteiger partial charge in [-0.3, -0.25) is 4.68 Å². The van der Waals surface area contributed by atoms with Crippen molar-refractivity contribution in [2.75, 3.05) is 11.5 Å². The number of aryl methyl sites for hydroxylation is 1. The van der Waals surface area contributed by atoms with Gasteiger partial charge in [-0.05, 0) is 18.6 Å². The second kappa shape index (κ2) is 6.91. The summed E-state index contributed by atoms with van der Waals surface area (Å²) in [4.78, 5) is 4.18. The molecule has 1 unspecified atom stereocenters. The lowest BCUT2D eigenvalue weighted by Gasteiger charge is -2.12. The summed E-state index contributed by atoms with van der Waals surface area (Å²) in [7, 11) is 1.89. The van der Waals surface area contributed by atoms with Crippen molar-refractivity contribution in [3.05, 3.63) is 12.2 Å². The van der Waals surface area contributed by atoms with Crippen LogP contribution in [0.4, 0.5) is 0 Å². The molecule has 1 atom stereocenters. The Morgan fingerprint density at radius 3 is 2.69 bits per heavy atom. The van der Waals surface area contributed by atoms with Gasteiger partial charge in [0.15, 0.2) is 5.82 Å². The Bertz CT molecular complexity index is 298. The average Bonchev–Trinajstić information content (AvgIpc) is 2.61. The predicted molar refractivity (Wildman–Crippen MR) is 69.5 cm³/mol. The highest BCUT2D eigenvalue weighted by molar-refractivity contribution is 7.99. The highest BCUT2D eigenvalue weighted by atomic mass is 32.2. The van der Waals surface area contributed by atoms with E-state index in [4.69, 9.17) is 0 Å². The average molecular weight is 242 g/mol. The van der Waals surface area contributed by atoms with Gasteiger partial charge in [-0.1, -0.05) is 13.8 Å². The number of hydrogen-bond acceptors (Lipinski definition) is 4. The van der Waals surface area contributed by atoms with Crippen LogP contribution in [0.15, 0.2) is 6.33 Å². The molecule has 0 aromatic carbocycles. The van der Waals surface area contributed by atoms with Crippen LogP contribution in [-0.4, -0.2) is 32.3 Å². The molecule has 0 saturated heterocycles. The Morgan fingerprint density at radius 2 is 2.12 bits per heavy atom. The van der Waals surface area contributed by atoms with Crippen molar-refractivity contribution in [3.63, 3.8) is 0 Å². The fraction of sp³-hybridized carbons (Fsp3) is 0.818. The van der Waals surface area contributed by atoms with Crippen LogP contribution in [0, 0.1) is 5.92 Å². The number of rotatable bonds is 7. The minimum absolute atomic E-state index is 0.507. The number of aromatic nitrogens is 3. The van der Waals surface area contributed by atoms with E-state index in [1.807, 2.05) is 18.8 Å². The lowest BCUT2D eigenvalue weighted by Crippen LogP contribution is -2.28. The second-order valence-corrected chi connectivity index (χ2v) is 5.62. The van der Waals surface area contributed by atoms with Crippen LogP contribution in [0.2, 0.25) is 0 Å². The van der Waals surface area contributed by atoms with E-state index in [-0.39, 0.29) is 0 Å². The zero-order valence-corrected chi connectivity index (χ0v) is 11.4. The lowest BCUT2D eigenvalue weighted by molar-refractivity contribution is 0.574. The van der Waals surface area contributed by atoms with E-state index in [9.17, 15) is 0 Å². The minimum Gasteiger partial charge on any atom is -0.306 e. The highest BCUT2D eigenvalue weighted by Crippen LogP contribution is 2.08. The van der Waals surface area contributed by atoms with Crippen molar-refractivity contribution in [3.8, 4) is 0 Å². The van der Waals surface area contributed by atoms with Gasteiger partial charge in [0.2, 0.25) is 0 Å². The standard InChI is InChI=1S/C11H22N4S/c1-9(2)6-16-7-10(3)12-5-11-13-8-15(4)14-11/h8-10,12H,5-7H2,1-4H3. The molecular weight excluding hydrogens is 220 g/mol. The molecule has 0 radical (unpaired) electrons. The van der Waals surface area contributed by atoms with Gasteiger partial charge >= 0.3 is 0 Å². The van der Waals surface area contributed by atoms with E-state index in [0.717, 1.165) is 24.0 Å². The summed E-state index contributed by atoms with van der Waals surface area (Å²) in [5, 5.41) is 7.65. The molecule has 0 aliphatic heterocycles. The van der Waals surface area contributed by atoms with Gasteiger partial charge in [0.1, 0.15) is 6.33 Å². The molecule has 0 aliphatic rings. The molecule has 4 nitrogen and oxygen atoms in total. The lowest BCUT2D eigenvalue weighted by atomic mass is 10.3. The topological polar surface area (TPSA) is 42.7 Å². The maximum atomic E-state index is 4.23. The third-order valence-corrected chi connectivity index (χ3v) is 3.71. The molecule has 16 heavy (non-hydrogen) atoms. The number of thioether (sulfide) groups is 1. The second-order valence-electron chi connectivity index (χ2n) is 4.55. The van der Waals surface area contributed by atoms with Crippen LogP contribution in [-0.2, 0) is 13.6 Å². The molecule has 1 aromatic heterocycles. The van der Waals surface area contributed by atoms with E-state index < -0.39 is 0 Å². The fourth-order valence-corrected chi connectivity index (χ4v) is 2.35. The van der Waals surface area contributed by atoms with Gasteiger partial charge in [0.25, 0.3) is 0 Å². The van der Waals surface area contributed by atoms with Crippen molar-refractivity contribution in [2.24, 2.45) is 13.0 Å². The molecule has 1 heterocycles. The van der Waals surface area contributed by atoms with Crippen molar-refractivity contribution < 1.29 is 0 Å². The van der Waals surface area contributed by atoms with Gasteiger partial charge in [0, 0.05) is 18.8 Å². The SMILES string of the molecule is CC(C)CSCC(C)NCc1ncn(C)n1. The van der Waals surface area contributed by atoms with Crippen molar-refractivity contribution >= 4 is 11.8 Å². The van der Waals surface area contributed by atoms with Crippen molar-refractivity contribution in [1.82, 2.24) is 20.1 Å². The van der Waals surface area contributed by atoms with E-state index in [1.54, 1.807) is 11.0 Å². The van der Waals surface area contributed by atoms with E-state index in [0.29, 0.717) is 6.04 Å². The maximum Gasteiger partial charge on any atom is 0.164 e. The summed E-state index contributed by atoms with van der Waals surface area (Å²) >= 11 is 2.00.